The first kappa shape index (κ1) is 35.0. The zero-order valence-electron chi connectivity index (χ0n) is 27.8. The number of fused-ring (bicyclic) bond motifs is 1. The van der Waals surface area contributed by atoms with Gasteiger partial charge in [0.1, 0.15) is 6.04 Å². The molecule has 3 saturated carbocycles. The number of hydrogen-bond acceptors (Lipinski definition) is 8. The molecule has 47 heavy (non-hydrogen) atoms. The number of nitrogens with one attached hydrogen (secondary N) is 5. The molecule has 5 N–H and O–H groups in total. The van der Waals surface area contributed by atoms with E-state index in [0.717, 1.165) is 28.5 Å². The van der Waals surface area contributed by atoms with E-state index in [-0.39, 0.29) is 48.0 Å². The lowest BCUT2D eigenvalue weighted by Gasteiger charge is -2.64. The molecule has 6 atom stereocenters. The number of hydrogen-bond donors (Lipinski definition) is 5. The SMILES string of the molecule is CC(C)C[C@H](NC(=O)[C@H](CCCNC(=N)N[N+](=O)[O-])NC(=O)CSc1ccc2ccccc2c1)B1O[C@@H]2C[C@@H]3C[C@@H](C3(C)C)[C@]2(C)O1. The van der Waals surface area contributed by atoms with Gasteiger partial charge >= 0.3 is 7.12 Å². The predicted octanol–water partition coefficient (Wildman–Crippen LogP) is 4.30. The standard InChI is InChI=1S/C33H47BN6O6S/c1-20(2)15-28(34-45-27-18-23-17-26(32(23,3)4)33(27,5)46-34)38-30(42)25(11-8-14-36-31(35)39-40(43)44)37-29(41)19-47-24-13-12-21-9-6-7-10-22(21)16-24/h6-7,9-10,12-13,16,20,23,25-28H,8,11,14-15,17-19H2,1-5H3,(H,37,41)(H,38,42)(H3,35,36,39)/t23-,25-,26-,27+,28-,33-/m0/s1. The maximum absolute atomic E-state index is 13.9. The number of benzene rings is 2. The van der Waals surface area contributed by atoms with Crippen LogP contribution in [0.1, 0.15) is 66.7 Å². The Balaban J connectivity index is 1.24. The van der Waals surface area contributed by atoms with E-state index in [1.165, 1.54) is 11.8 Å². The van der Waals surface area contributed by atoms with Gasteiger partial charge in [0.15, 0.2) is 5.03 Å². The van der Waals surface area contributed by atoms with Gasteiger partial charge in [0.05, 0.1) is 23.4 Å². The van der Waals surface area contributed by atoms with Crippen LogP contribution >= 0.6 is 11.8 Å². The Morgan fingerprint density at radius 3 is 2.57 bits per heavy atom. The van der Waals surface area contributed by atoms with E-state index < -0.39 is 35.7 Å². The van der Waals surface area contributed by atoms with Gasteiger partial charge in [-0.15, -0.1) is 11.8 Å². The smallest absolute Gasteiger partial charge is 0.404 e. The minimum atomic E-state index is -0.861. The number of nitro groups is 1. The molecule has 0 spiro atoms. The van der Waals surface area contributed by atoms with Gasteiger partial charge in [0.2, 0.25) is 11.8 Å². The lowest BCUT2D eigenvalue weighted by molar-refractivity contribution is -0.525. The second-order valence-electron chi connectivity index (χ2n) is 14.3. The van der Waals surface area contributed by atoms with Crippen LogP contribution in [0.15, 0.2) is 47.4 Å². The van der Waals surface area contributed by atoms with Crippen LogP contribution in [0.5, 0.6) is 0 Å². The molecule has 2 amide bonds. The Bertz CT molecular complexity index is 1490. The van der Waals surface area contributed by atoms with Gasteiger partial charge in [0.25, 0.3) is 5.96 Å². The highest BCUT2D eigenvalue weighted by Gasteiger charge is 2.68. The highest BCUT2D eigenvalue weighted by molar-refractivity contribution is 8.00. The first-order chi connectivity index (χ1) is 22.3. The van der Waals surface area contributed by atoms with Crippen LogP contribution in [0, 0.1) is 38.7 Å². The lowest BCUT2D eigenvalue weighted by atomic mass is 9.43. The largest absolute Gasteiger partial charge is 0.481 e. The van der Waals surface area contributed by atoms with E-state index >= 15 is 0 Å². The van der Waals surface area contributed by atoms with Crippen molar-refractivity contribution in [3.05, 3.63) is 52.6 Å². The predicted molar refractivity (Wildman–Crippen MR) is 183 cm³/mol. The van der Waals surface area contributed by atoms with Crippen LogP contribution in [-0.2, 0) is 18.9 Å². The Labute approximate surface area is 281 Å². The minimum Gasteiger partial charge on any atom is -0.404 e. The molecule has 3 aliphatic carbocycles. The van der Waals surface area contributed by atoms with Gasteiger partial charge in [-0.1, -0.05) is 63.5 Å². The summed E-state index contributed by atoms with van der Waals surface area (Å²) in [6, 6.07) is 13.2. The van der Waals surface area contributed by atoms with Crippen molar-refractivity contribution < 1.29 is 23.9 Å². The molecule has 1 saturated heterocycles. The molecule has 1 aliphatic heterocycles. The molecule has 1 heterocycles. The topological polar surface area (TPSA) is 168 Å². The van der Waals surface area contributed by atoms with Gasteiger partial charge in [-0.25, -0.2) is 10.1 Å². The third-order valence-electron chi connectivity index (χ3n) is 10.3. The molecule has 0 radical (unpaired) electrons. The summed E-state index contributed by atoms with van der Waals surface area (Å²) in [5.74, 6) is -0.105. The van der Waals surface area contributed by atoms with Gasteiger partial charge in [0, 0.05) is 11.4 Å². The zero-order chi connectivity index (χ0) is 33.9. The van der Waals surface area contributed by atoms with Crippen molar-refractivity contribution in [2.75, 3.05) is 12.3 Å². The quantitative estimate of drug-likeness (QED) is 0.0376. The molecular formula is C33H47BN6O6S. The van der Waals surface area contributed by atoms with Gasteiger partial charge in [-0.2, -0.15) is 0 Å². The number of nitrogens with zero attached hydrogens (tertiary/aromatic N) is 1. The van der Waals surface area contributed by atoms with E-state index in [1.807, 2.05) is 42.5 Å². The van der Waals surface area contributed by atoms with Crippen molar-refractivity contribution in [3.8, 4) is 0 Å². The second kappa shape index (κ2) is 14.4. The monoisotopic (exact) mass is 666 g/mol. The fourth-order valence-corrected chi connectivity index (χ4v) is 8.42. The van der Waals surface area contributed by atoms with Crippen LogP contribution in [0.3, 0.4) is 0 Å². The van der Waals surface area contributed by atoms with Gasteiger partial charge in [-0.05, 0) is 85.1 Å². The summed E-state index contributed by atoms with van der Waals surface area (Å²) in [7, 11) is -0.596. The highest BCUT2D eigenvalue weighted by Crippen LogP contribution is 2.65. The number of hydrazine groups is 1. The van der Waals surface area contributed by atoms with Gasteiger partial charge < -0.3 is 25.3 Å². The minimum absolute atomic E-state index is 0.0207. The van der Waals surface area contributed by atoms with Crippen molar-refractivity contribution in [1.82, 2.24) is 21.4 Å². The van der Waals surface area contributed by atoms with Crippen molar-refractivity contribution in [3.63, 3.8) is 0 Å². The second-order valence-corrected chi connectivity index (χ2v) is 15.4. The van der Waals surface area contributed by atoms with Crippen molar-refractivity contribution in [1.29, 1.82) is 5.41 Å². The van der Waals surface area contributed by atoms with E-state index in [1.54, 1.807) is 5.43 Å². The Hall–Kier alpha value is -3.36. The van der Waals surface area contributed by atoms with E-state index in [2.05, 4.69) is 50.6 Å². The first-order valence-electron chi connectivity index (χ1n) is 16.5. The van der Waals surface area contributed by atoms with Crippen LogP contribution in [0.2, 0.25) is 0 Å². The number of amides is 2. The first-order valence-corrected chi connectivity index (χ1v) is 17.5. The normalized spacial score (nSPS) is 25.3. The van der Waals surface area contributed by atoms with Crippen molar-refractivity contribution >= 4 is 47.4 Å². The van der Waals surface area contributed by atoms with E-state index in [4.69, 9.17) is 14.7 Å². The molecule has 12 nitrogen and oxygen atoms in total. The summed E-state index contributed by atoms with van der Waals surface area (Å²) in [5.41, 5.74) is 1.54. The fraction of sp³-hybridized carbons (Fsp3) is 0.606. The maximum atomic E-state index is 13.9. The zero-order valence-corrected chi connectivity index (χ0v) is 28.7. The fourth-order valence-electron chi connectivity index (χ4n) is 7.66. The van der Waals surface area contributed by atoms with Crippen molar-refractivity contribution in [2.45, 2.75) is 95.3 Å². The molecule has 254 valence electrons. The molecule has 0 aromatic heterocycles. The Morgan fingerprint density at radius 2 is 1.87 bits per heavy atom. The highest BCUT2D eigenvalue weighted by atomic mass is 32.2. The number of thioether (sulfide) groups is 1. The van der Waals surface area contributed by atoms with E-state index in [0.29, 0.717) is 24.7 Å². The average molecular weight is 667 g/mol. The number of carbonyl (C=O) groups is 2. The third kappa shape index (κ3) is 8.03. The van der Waals surface area contributed by atoms with Crippen LogP contribution < -0.4 is 21.4 Å². The molecular weight excluding hydrogens is 619 g/mol. The number of carbonyl (C=O) groups excluding carboxylic acids is 2. The number of guanidine groups is 1. The molecule has 2 aromatic rings. The molecule has 6 rings (SSSR count). The van der Waals surface area contributed by atoms with Crippen LogP contribution in [-0.4, -0.2) is 65.9 Å². The van der Waals surface area contributed by atoms with Crippen LogP contribution in [0.4, 0.5) is 0 Å². The van der Waals surface area contributed by atoms with Gasteiger partial charge in [-0.3, -0.25) is 15.0 Å². The summed E-state index contributed by atoms with van der Waals surface area (Å²) in [6.07, 6.45) is 3.33. The lowest BCUT2D eigenvalue weighted by Crippen LogP contribution is -2.65. The van der Waals surface area contributed by atoms with Crippen molar-refractivity contribution in [2.24, 2.45) is 23.2 Å². The Kier molecular flexibility index (Phi) is 10.7. The summed E-state index contributed by atoms with van der Waals surface area (Å²) in [5, 5.41) is 28.3. The van der Waals surface area contributed by atoms with E-state index in [9.17, 15) is 19.7 Å². The molecule has 14 heteroatoms. The maximum Gasteiger partial charge on any atom is 0.481 e. The molecule has 0 unspecified atom stereocenters. The summed E-state index contributed by atoms with van der Waals surface area (Å²) < 4.78 is 13.3. The number of rotatable bonds is 14. The summed E-state index contributed by atoms with van der Waals surface area (Å²) >= 11 is 1.40. The molecule has 4 aliphatic rings. The third-order valence-corrected chi connectivity index (χ3v) is 11.3. The average Bonchev–Trinajstić information content (AvgIpc) is 3.37. The van der Waals surface area contributed by atoms with Crippen LogP contribution in [0.25, 0.3) is 10.8 Å². The molecule has 2 bridgehead atoms. The Morgan fingerprint density at radius 1 is 1.13 bits per heavy atom. The molecule has 4 fully saturated rings. The molecule has 2 aromatic carbocycles. The summed E-state index contributed by atoms with van der Waals surface area (Å²) in [6.45, 7) is 11.2. The summed E-state index contributed by atoms with van der Waals surface area (Å²) in [4.78, 5) is 38.7.